The molecule has 0 unspecified atom stereocenters. The van der Waals surface area contributed by atoms with E-state index in [0.29, 0.717) is 31.2 Å². The maximum Gasteiger partial charge on any atom is 0.222 e. The highest BCUT2D eigenvalue weighted by molar-refractivity contribution is 5.77. The van der Waals surface area contributed by atoms with Crippen molar-refractivity contribution in [1.29, 1.82) is 0 Å². The lowest BCUT2D eigenvalue weighted by Crippen LogP contribution is -2.58. The van der Waals surface area contributed by atoms with Gasteiger partial charge in [0.15, 0.2) is 0 Å². The Labute approximate surface area is 165 Å². The number of nitrogens with two attached hydrogens (primary N) is 1. The quantitative estimate of drug-likeness (QED) is 0.737. The van der Waals surface area contributed by atoms with Gasteiger partial charge in [-0.15, -0.1) is 0 Å². The Bertz CT molecular complexity index is 675. The number of carbonyl (C=O) groups is 2. The van der Waals surface area contributed by atoms with Crippen LogP contribution in [0.4, 0.5) is 4.39 Å². The highest BCUT2D eigenvalue weighted by Gasteiger charge is 2.40. The van der Waals surface area contributed by atoms with E-state index < -0.39 is 11.5 Å². The van der Waals surface area contributed by atoms with E-state index in [1.807, 2.05) is 0 Å². The summed E-state index contributed by atoms with van der Waals surface area (Å²) in [6.45, 7) is 1.16. The first-order valence-electron chi connectivity index (χ1n) is 10.0. The van der Waals surface area contributed by atoms with Crippen molar-refractivity contribution in [3.8, 4) is 5.75 Å². The minimum atomic E-state index is -0.985. The van der Waals surface area contributed by atoms with Gasteiger partial charge < -0.3 is 20.1 Å². The van der Waals surface area contributed by atoms with Crippen LogP contribution >= 0.6 is 0 Å². The molecule has 0 spiro atoms. The molecule has 1 atom stereocenters. The van der Waals surface area contributed by atoms with E-state index in [1.165, 1.54) is 49.9 Å². The second kappa shape index (κ2) is 9.37. The van der Waals surface area contributed by atoms with E-state index in [0.717, 1.165) is 6.42 Å². The molecule has 1 aromatic carbocycles. The third-order valence-corrected chi connectivity index (χ3v) is 5.65. The number of amides is 2. The van der Waals surface area contributed by atoms with Crippen LogP contribution in [0.1, 0.15) is 44.9 Å². The molecule has 1 saturated heterocycles. The molecule has 28 heavy (non-hydrogen) atoms. The molecule has 2 fully saturated rings. The Hall–Kier alpha value is -2.15. The van der Waals surface area contributed by atoms with Crippen LogP contribution in [0.2, 0.25) is 0 Å². The largest absolute Gasteiger partial charge is 0.490 e. The van der Waals surface area contributed by atoms with Gasteiger partial charge in [0.1, 0.15) is 23.8 Å². The van der Waals surface area contributed by atoms with Gasteiger partial charge in [0, 0.05) is 13.0 Å². The first kappa shape index (κ1) is 20.6. The number of nitrogens with zero attached hydrogens (tertiary/aromatic N) is 1. The molecule has 2 amide bonds. The van der Waals surface area contributed by atoms with Gasteiger partial charge in [-0.25, -0.2) is 4.39 Å². The van der Waals surface area contributed by atoms with Crippen LogP contribution in [-0.4, -0.2) is 48.6 Å². The first-order chi connectivity index (χ1) is 13.5. The highest BCUT2D eigenvalue weighted by Crippen LogP contribution is 2.30. The number of hydrogen-bond acceptors (Lipinski definition) is 4. The summed E-state index contributed by atoms with van der Waals surface area (Å²) in [5, 5.41) is 0. The SMILES string of the molecule is NC(=O)C[C@]1(COc2ccc(F)cc2)CN(C(=O)CCC2CCCC2)CCO1. The fourth-order valence-corrected chi connectivity index (χ4v) is 4.15. The maximum absolute atomic E-state index is 13.1. The normalized spacial score (nSPS) is 23.0. The summed E-state index contributed by atoms with van der Waals surface area (Å²) in [6, 6.07) is 5.63. The first-order valence-corrected chi connectivity index (χ1v) is 10.0. The van der Waals surface area contributed by atoms with Crippen LogP contribution in [0, 0.1) is 11.7 Å². The molecule has 6 nitrogen and oxygen atoms in total. The van der Waals surface area contributed by atoms with E-state index in [2.05, 4.69) is 0 Å². The average Bonchev–Trinajstić information content (AvgIpc) is 3.19. The topological polar surface area (TPSA) is 81.9 Å². The van der Waals surface area contributed by atoms with Crippen LogP contribution in [0.25, 0.3) is 0 Å². The molecule has 1 aliphatic carbocycles. The molecule has 1 heterocycles. The van der Waals surface area contributed by atoms with Gasteiger partial charge in [0.25, 0.3) is 0 Å². The summed E-state index contributed by atoms with van der Waals surface area (Å²) in [5.41, 5.74) is 4.45. The zero-order valence-electron chi connectivity index (χ0n) is 16.2. The van der Waals surface area contributed by atoms with Crippen LogP contribution in [0.3, 0.4) is 0 Å². The lowest BCUT2D eigenvalue weighted by atomic mass is 9.96. The molecule has 1 aliphatic heterocycles. The monoisotopic (exact) mass is 392 g/mol. The number of primary amides is 1. The standard InChI is InChI=1S/C21H29FN2O4/c22-17-6-8-18(9-7-17)27-15-21(13-19(23)25)14-24(11-12-28-21)20(26)10-5-16-3-1-2-4-16/h6-9,16H,1-5,10-15H2,(H2,23,25)/t21-/m1/s1. The Balaban J connectivity index is 1.60. The van der Waals surface area contributed by atoms with Crippen molar-refractivity contribution in [3.63, 3.8) is 0 Å². The number of morpholine rings is 1. The molecular weight excluding hydrogens is 363 g/mol. The van der Waals surface area contributed by atoms with E-state index in [-0.39, 0.29) is 31.3 Å². The average molecular weight is 392 g/mol. The molecule has 2 aliphatic rings. The van der Waals surface area contributed by atoms with Gasteiger partial charge in [-0.05, 0) is 36.6 Å². The van der Waals surface area contributed by atoms with Crippen molar-refractivity contribution < 1.29 is 23.5 Å². The Morgan fingerprint density at radius 2 is 1.96 bits per heavy atom. The second-order valence-corrected chi connectivity index (χ2v) is 7.92. The van der Waals surface area contributed by atoms with Crippen molar-refractivity contribution in [2.75, 3.05) is 26.3 Å². The fourth-order valence-electron chi connectivity index (χ4n) is 4.15. The molecule has 1 saturated carbocycles. The molecule has 0 radical (unpaired) electrons. The van der Waals surface area contributed by atoms with Gasteiger partial charge in [-0.3, -0.25) is 9.59 Å². The van der Waals surface area contributed by atoms with E-state index in [1.54, 1.807) is 4.90 Å². The van der Waals surface area contributed by atoms with Crippen molar-refractivity contribution in [2.45, 2.75) is 50.5 Å². The van der Waals surface area contributed by atoms with Gasteiger partial charge in [-0.1, -0.05) is 25.7 Å². The molecule has 3 rings (SSSR count). The molecular formula is C21H29FN2O4. The summed E-state index contributed by atoms with van der Waals surface area (Å²) in [5.74, 6) is 0.349. The summed E-state index contributed by atoms with van der Waals surface area (Å²) in [7, 11) is 0. The predicted octanol–water partition coefficient (Wildman–Crippen LogP) is 2.65. The van der Waals surface area contributed by atoms with Crippen molar-refractivity contribution in [2.24, 2.45) is 11.7 Å². The predicted molar refractivity (Wildman–Crippen MR) is 102 cm³/mol. The minimum Gasteiger partial charge on any atom is -0.490 e. The number of rotatable bonds is 8. The number of hydrogen-bond donors (Lipinski definition) is 1. The number of halogens is 1. The van der Waals surface area contributed by atoms with Gasteiger partial charge in [-0.2, -0.15) is 0 Å². The number of benzene rings is 1. The van der Waals surface area contributed by atoms with Crippen LogP contribution in [-0.2, 0) is 14.3 Å². The Morgan fingerprint density at radius 3 is 2.64 bits per heavy atom. The van der Waals surface area contributed by atoms with Crippen molar-refractivity contribution in [1.82, 2.24) is 4.90 Å². The number of carbonyl (C=O) groups excluding carboxylic acids is 2. The zero-order valence-corrected chi connectivity index (χ0v) is 16.2. The van der Waals surface area contributed by atoms with E-state index >= 15 is 0 Å². The summed E-state index contributed by atoms with van der Waals surface area (Å²) >= 11 is 0. The molecule has 0 bridgehead atoms. The Kier molecular flexibility index (Phi) is 6.88. The zero-order chi connectivity index (χ0) is 20.0. The van der Waals surface area contributed by atoms with Crippen molar-refractivity contribution in [3.05, 3.63) is 30.1 Å². The van der Waals surface area contributed by atoms with Gasteiger partial charge in [0.05, 0.1) is 19.6 Å². The Morgan fingerprint density at radius 1 is 1.25 bits per heavy atom. The smallest absolute Gasteiger partial charge is 0.222 e. The lowest BCUT2D eigenvalue weighted by molar-refractivity contribution is -0.162. The van der Waals surface area contributed by atoms with E-state index in [4.69, 9.17) is 15.2 Å². The lowest BCUT2D eigenvalue weighted by Gasteiger charge is -2.42. The molecule has 2 N–H and O–H groups in total. The second-order valence-electron chi connectivity index (χ2n) is 7.92. The highest BCUT2D eigenvalue weighted by atomic mass is 19.1. The number of ether oxygens (including phenoxy) is 2. The van der Waals surface area contributed by atoms with Gasteiger partial charge in [0.2, 0.25) is 11.8 Å². The fraction of sp³-hybridized carbons (Fsp3) is 0.619. The van der Waals surface area contributed by atoms with Gasteiger partial charge >= 0.3 is 0 Å². The van der Waals surface area contributed by atoms with E-state index in [9.17, 15) is 14.0 Å². The summed E-state index contributed by atoms with van der Waals surface area (Å²) < 4.78 is 24.7. The maximum atomic E-state index is 13.1. The summed E-state index contributed by atoms with van der Waals surface area (Å²) in [6.07, 6.45) is 6.36. The van der Waals surface area contributed by atoms with Crippen LogP contribution in [0.5, 0.6) is 5.75 Å². The molecule has 7 heteroatoms. The van der Waals surface area contributed by atoms with Crippen molar-refractivity contribution >= 4 is 11.8 Å². The molecule has 154 valence electrons. The molecule has 1 aromatic rings. The third-order valence-electron chi connectivity index (χ3n) is 5.65. The third kappa shape index (κ3) is 5.67. The molecule has 0 aromatic heterocycles. The summed E-state index contributed by atoms with van der Waals surface area (Å²) in [4.78, 5) is 26.1. The van der Waals surface area contributed by atoms with Crippen LogP contribution in [0.15, 0.2) is 24.3 Å². The minimum absolute atomic E-state index is 0.0411. The van der Waals surface area contributed by atoms with Crippen LogP contribution < -0.4 is 10.5 Å².